The number of benzene rings is 1. The van der Waals surface area contributed by atoms with Crippen molar-refractivity contribution in [2.24, 2.45) is 5.92 Å². The van der Waals surface area contributed by atoms with Gasteiger partial charge in [-0.2, -0.15) is 18.3 Å². The molecule has 7 rings (SSSR count). The molecule has 2 aliphatic carbocycles. The summed E-state index contributed by atoms with van der Waals surface area (Å²) in [6.07, 6.45) is 1.56. The van der Waals surface area contributed by atoms with Gasteiger partial charge in [0.2, 0.25) is 15.9 Å². The molecular formula is C36H41F3N6O8S. The Kier molecular flexibility index (Phi) is 9.87. The number of allylic oxidation sites excluding steroid dienone is 1. The van der Waals surface area contributed by atoms with Gasteiger partial charge in [0.25, 0.3) is 11.8 Å². The van der Waals surface area contributed by atoms with E-state index in [0.29, 0.717) is 54.5 Å². The number of alkyl halides is 3. The van der Waals surface area contributed by atoms with Gasteiger partial charge >= 0.3 is 6.18 Å². The molecule has 2 N–H and O–H groups in total. The maximum absolute atomic E-state index is 14.2. The summed E-state index contributed by atoms with van der Waals surface area (Å²) in [7, 11) is -2.44. The van der Waals surface area contributed by atoms with E-state index in [1.807, 2.05) is 12.2 Å². The minimum absolute atomic E-state index is 0.0231. The summed E-state index contributed by atoms with van der Waals surface area (Å²) < 4.78 is 86.9. The first-order valence-electron chi connectivity index (χ1n) is 17.9. The Morgan fingerprint density at radius 3 is 2.63 bits per heavy atom. The SMILES string of the molecule is COc1ccc2c(OC3CC4C(=O)NC5(C(=O)NS(=O)(=O)C6CC6)CC5C=CCCCCOC(C)C(=O)N4C3)cc(-n3ccc(C(F)(F)F)n3)nc2c1C. The van der Waals surface area contributed by atoms with Gasteiger partial charge in [-0.05, 0) is 70.6 Å². The Morgan fingerprint density at radius 2 is 1.93 bits per heavy atom. The molecule has 54 heavy (non-hydrogen) atoms. The van der Waals surface area contributed by atoms with Gasteiger partial charge in [0.05, 0.1) is 24.4 Å². The summed E-state index contributed by atoms with van der Waals surface area (Å²) in [5, 5.41) is 6.34. The highest BCUT2D eigenvalue weighted by atomic mass is 32.2. The highest BCUT2D eigenvalue weighted by molar-refractivity contribution is 7.91. The molecule has 2 aromatic heterocycles. The lowest BCUT2D eigenvalue weighted by Crippen LogP contribution is -2.57. The first kappa shape index (κ1) is 37.6. The van der Waals surface area contributed by atoms with Crippen LogP contribution < -0.4 is 19.5 Å². The zero-order valence-corrected chi connectivity index (χ0v) is 30.7. The van der Waals surface area contributed by atoms with Crippen LogP contribution >= 0.6 is 0 Å². The number of fused-ring (bicyclic) bond motifs is 3. The van der Waals surface area contributed by atoms with Crippen LogP contribution in [0.25, 0.3) is 16.7 Å². The zero-order valence-electron chi connectivity index (χ0n) is 29.9. The fourth-order valence-corrected chi connectivity index (χ4v) is 8.48. The standard InChI is InChI=1S/C36H41F3N6O8S/c1-20-27(51-3)12-11-25-28(17-30(40-31(20)25)45-14-13-29(42-45)36(37,38)39)53-23-16-26-32(46)41-35(34(48)43-54(49,50)24-9-10-24)18-22(35)8-6-4-5-7-15-52-21(2)33(47)44(26)19-23/h6,8,11-14,17,21-24,26H,4-5,7,9-10,15-16,18-19H2,1-3H3,(H,41,46)(H,43,48). The third-order valence-electron chi connectivity index (χ3n) is 10.4. The first-order valence-corrected chi connectivity index (χ1v) is 19.4. The summed E-state index contributed by atoms with van der Waals surface area (Å²) in [6.45, 7) is 3.57. The maximum Gasteiger partial charge on any atom is 0.435 e. The number of nitrogens with zero attached hydrogens (tertiary/aromatic N) is 4. The van der Waals surface area contributed by atoms with Crippen LogP contribution in [0.2, 0.25) is 0 Å². The molecule has 18 heteroatoms. The second kappa shape index (κ2) is 14.2. The largest absolute Gasteiger partial charge is 0.496 e. The van der Waals surface area contributed by atoms with Crippen molar-refractivity contribution in [2.75, 3.05) is 20.3 Å². The maximum atomic E-state index is 14.2. The average molecular weight is 775 g/mol. The number of carbonyl (C=O) groups excluding carboxylic acids is 3. The summed E-state index contributed by atoms with van der Waals surface area (Å²) in [6, 6.07) is 4.52. The topological polar surface area (TPSA) is 171 Å². The van der Waals surface area contributed by atoms with Gasteiger partial charge in [0.1, 0.15) is 35.3 Å². The molecular weight excluding hydrogens is 733 g/mol. The Hall–Kier alpha value is -4.71. The molecule has 290 valence electrons. The number of pyridine rings is 1. The fraction of sp³-hybridized carbons (Fsp3) is 0.528. The van der Waals surface area contributed by atoms with Crippen LogP contribution in [0.4, 0.5) is 13.2 Å². The van der Waals surface area contributed by atoms with Crippen molar-refractivity contribution in [1.82, 2.24) is 29.7 Å². The van der Waals surface area contributed by atoms with E-state index in [1.54, 1.807) is 26.0 Å². The van der Waals surface area contributed by atoms with Crippen LogP contribution in [0.5, 0.6) is 11.5 Å². The molecule has 4 heterocycles. The minimum Gasteiger partial charge on any atom is -0.496 e. The van der Waals surface area contributed by atoms with Crippen LogP contribution in [0.1, 0.15) is 63.1 Å². The number of aromatic nitrogens is 3. The van der Waals surface area contributed by atoms with Gasteiger partial charge in [-0.3, -0.25) is 19.1 Å². The average Bonchev–Trinajstić information content (AvgIpc) is 3.99. The van der Waals surface area contributed by atoms with Crippen molar-refractivity contribution >= 4 is 38.6 Å². The quantitative estimate of drug-likeness (QED) is 0.337. The number of methoxy groups -OCH3 is 1. The van der Waals surface area contributed by atoms with E-state index in [4.69, 9.17) is 14.2 Å². The van der Waals surface area contributed by atoms with E-state index in [-0.39, 0.29) is 31.0 Å². The van der Waals surface area contributed by atoms with E-state index in [2.05, 4.69) is 20.1 Å². The number of amides is 3. The highest BCUT2D eigenvalue weighted by Gasteiger charge is 2.62. The fourth-order valence-electron chi connectivity index (χ4n) is 7.12. The monoisotopic (exact) mass is 774 g/mol. The molecule has 0 radical (unpaired) electrons. The molecule has 3 amide bonds. The lowest BCUT2D eigenvalue weighted by atomic mass is 10.1. The minimum atomic E-state index is -4.69. The van der Waals surface area contributed by atoms with E-state index in [9.17, 15) is 36.0 Å². The Balaban J connectivity index is 1.22. The van der Waals surface area contributed by atoms with Crippen molar-refractivity contribution in [3.05, 3.63) is 53.9 Å². The van der Waals surface area contributed by atoms with Crippen LogP contribution in [0.3, 0.4) is 0 Å². The smallest absolute Gasteiger partial charge is 0.435 e. The molecule has 14 nitrogen and oxygen atoms in total. The molecule has 0 bridgehead atoms. The lowest BCUT2D eigenvalue weighted by molar-refractivity contribution is -0.147. The van der Waals surface area contributed by atoms with E-state index >= 15 is 0 Å². The molecule has 3 fully saturated rings. The molecule has 0 spiro atoms. The van der Waals surface area contributed by atoms with Crippen LogP contribution in [0, 0.1) is 12.8 Å². The van der Waals surface area contributed by atoms with Gasteiger partial charge in [0.15, 0.2) is 11.5 Å². The second-order valence-electron chi connectivity index (χ2n) is 14.3. The Labute approximate surface area is 309 Å². The van der Waals surface area contributed by atoms with Crippen molar-refractivity contribution in [2.45, 2.75) is 94.0 Å². The van der Waals surface area contributed by atoms with Crippen LogP contribution in [0.15, 0.2) is 42.6 Å². The van der Waals surface area contributed by atoms with Gasteiger partial charge in [-0.25, -0.2) is 18.1 Å². The molecule has 4 aliphatic rings. The molecule has 2 aliphatic heterocycles. The number of sulfonamides is 1. The summed E-state index contributed by atoms with van der Waals surface area (Å²) in [4.78, 5) is 47.7. The first-order chi connectivity index (χ1) is 25.6. The highest BCUT2D eigenvalue weighted by Crippen LogP contribution is 2.46. The zero-order chi connectivity index (χ0) is 38.6. The van der Waals surface area contributed by atoms with Crippen molar-refractivity contribution in [3.63, 3.8) is 0 Å². The molecule has 2 saturated carbocycles. The Bertz CT molecular complexity index is 2120. The number of hydrogen-bond acceptors (Lipinski definition) is 10. The van der Waals surface area contributed by atoms with E-state index in [0.717, 1.165) is 23.4 Å². The summed E-state index contributed by atoms with van der Waals surface area (Å²) in [5.74, 6) is -1.71. The number of hydrogen-bond donors (Lipinski definition) is 2. The number of halogens is 3. The van der Waals surface area contributed by atoms with Gasteiger partial charge < -0.3 is 24.4 Å². The van der Waals surface area contributed by atoms with Gasteiger partial charge in [-0.15, -0.1) is 0 Å². The van der Waals surface area contributed by atoms with Gasteiger partial charge in [-0.1, -0.05) is 12.2 Å². The summed E-state index contributed by atoms with van der Waals surface area (Å²) >= 11 is 0. The third kappa shape index (κ3) is 7.37. The number of carbonyl (C=O) groups is 3. The van der Waals surface area contributed by atoms with Gasteiger partial charge in [0, 0.05) is 42.2 Å². The number of nitrogens with one attached hydrogen (secondary N) is 2. The number of aryl methyl sites for hydroxylation is 1. The molecule has 1 aromatic carbocycles. The molecule has 3 aromatic rings. The predicted molar refractivity (Wildman–Crippen MR) is 187 cm³/mol. The number of ether oxygens (including phenoxy) is 3. The Morgan fingerprint density at radius 1 is 1.15 bits per heavy atom. The van der Waals surface area contributed by atoms with E-state index < -0.39 is 74.6 Å². The van der Waals surface area contributed by atoms with E-state index in [1.165, 1.54) is 18.1 Å². The predicted octanol–water partition coefficient (Wildman–Crippen LogP) is 3.73. The van der Waals surface area contributed by atoms with Crippen molar-refractivity contribution < 1.29 is 50.2 Å². The van der Waals surface area contributed by atoms with Crippen LogP contribution in [-0.2, 0) is 35.3 Å². The summed E-state index contributed by atoms with van der Waals surface area (Å²) in [5.41, 5.74) is -1.68. The van der Waals surface area contributed by atoms with Crippen molar-refractivity contribution in [3.8, 4) is 17.3 Å². The normalized spacial score (nSPS) is 26.7. The van der Waals surface area contributed by atoms with Crippen LogP contribution in [-0.4, -0.2) is 95.1 Å². The molecule has 5 unspecified atom stereocenters. The molecule has 5 atom stereocenters. The second-order valence-corrected chi connectivity index (χ2v) is 16.2. The number of rotatable bonds is 7. The van der Waals surface area contributed by atoms with Crippen molar-refractivity contribution in [1.29, 1.82) is 0 Å². The lowest BCUT2D eigenvalue weighted by Gasteiger charge is -2.28. The third-order valence-corrected chi connectivity index (χ3v) is 12.2. The molecule has 1 saturated heterocycles.